The smallest absolute Gasteiger partial charge is 0.251 e. The van der Waals surface area contributed by atoms with Gasteiger partial charge in [0.1, 0.15) is 18.3 Å². The Hall–Kier alpha value is -1.03. The number of ether oxygens (including phenoxy) is 5. The molecule has 1 N–H and O–H groups in total. The fourth-order valence-corrected chi connectivity index (χ4v) is 5.19. The van der Waals surface area contributed by atoms with Crippen LogP contribution in [0.15, 0.2) is 28.7 Å². The van der Waals surface area contributed by atoms with Gasteiger partial charge in [-0.25, -0.2) is 0 Å². The molecule has 1 aromatic carbocycles. The largest absolute Gasteiger partial charge is 0.347 e. The Morgan fingerprint density at radius 3 is 2.69 bits per heavy atom. The molecule has 29 heavy (non-hydrogen) atoms. The molecule has 7 nitrogen and oxygen atoms in total. The maximum Gasteiger partial charge on any atom is 0.251 e. The monoisotopic (exact) mass is 467 g/mol. The van der Waals surface area contributed by atoms with Gasteiger partial charge in [-0.1, -0.05) is 22.0 Å². The van der Waals surface area contributed by atoms with E-state index < -0.39 is 36.1 Å². The van der Waals surface area contributed by atoms with Gasteiger partial charge in [0.15, 0.2) is 17.9 Å². The van der Waals surface area contributed by atoms with Crippen molar-refractivity contribution in [2.24, 2.45) is 0 Å². The predicted molar refractivity (Wildman–Crippen MR) is 106 cm³/mol. The van der Waals surface area contributed by atoms with Crippen LogP contribution in [0.4, 0.5) is 0 Å². The molecular weight excluding hydrogens is 442 g/mol. The summed E-state index contributed by atoms with van der Waals surface area (Å²) in [5.41, 5.74) is 0.565. The number of carbonyl (C=O) groups excluding carboxylic acids is 1. The van der Waals surface area contributed by atoms with E-state index in [1.807, 2.05) is 26.0 Å². The Morgan fingerprint density at radius 2 is 1.93 bits per heavy atom. The zero-order chi connectivity index (χ0) is 20.2. The molecule has 1 aliphatic carbocycles. The van der Waals surface area contributed by atoms with Crippen LogP contribution in [-0.2, 0) is 23.7 Å². The van der Waals surface area contributed by atoms with Crippen LogP contribution in [0.5, 0.6) is 0 Å². The first-order chi connectivity index (χ1) is 13.8. The van der Waals surface area contributed by atoms with E-state index >= 15 is 0 Å². The number of benzene rings is 1. The molecule has 158 valence electrons. The van der Waals surface area contributed by atoms with E-state index in [-0.39, 0.29) is 12.0 Å². The lowest BCUT2D eigenvalue weighted by atomic mass is 10.0. The van der Waals surface area contributed by atoms with E-state index in [9.17, 15) is 4.79 Å². The van der Waals surface area contributed by atoms with Gasteiger partial charge >= 0.3 is 0 Å². The van der Waals surface area contributed by atoms with Crippen LogP contribution in [0.2, 0.25) is 0 Å². The number of hydrogen-bond donors (Lipinski definition) is 1. The molecule has 4 fully saturated rings. The number of nitrogens with one attached hydrogen (secondary N) is 1. The average Bonchev–Trinajstić information content (AvgIpc) is 3.42. The molecule has 3 heterocycles. The van der Waals surface area contributed by atoms with Gasteiger partial charge in [0.05, 0.1) is 12.6 Å². The van der Waals surface area contributed by atoms with E-state index in [0.717, 1.165) is 30.2 Å². The molecule has 5 rings (SSSR count). The van der Waals surface area contributed by atoms with Crippen LogP contribution in [0, 0.1) is 0 Å². The second-order valence-electron chi connectivity index (χ2n) is 8.66. The minimum Gasteiger partial charge on any atom is -0.347 e. The van der Waals surface area contributed by atoms with Crippen LogP contribution < -0.4 is 5.32 Å². The Morgan fingerprint density at radius 1 is 1.14 bits per heavy atom. The van der Waals surface area contributed by atoms with Gasteiger partial charge < -0.3 is 29.0 Å². The molecule has 0 bridgehead atoms. The molecule has 3 aliphatic heterocycles. The van der Waals surface area contributed by atoms with Gasteiger partial charge in [0.25, 0.3) is 5.91 Å². The first kappa shape index (κ1) is 19.9. The Balaban J connectivity index is 1.37. The quantitative estimate of drug-likeness (QED) is 0.735. The summed E-state index contributed by atoms with van der Waals surface area (Å²) in [6.07, 6.45) is 2.37. The molecule has 3 saturated heterocycles. The van der Waals surface area contributed by atoms with Crippen LogP contribution in [0.1, 0.15) is 49.9 Å². The maximum atomic E-state index is 13.0. The lowest BCUT2D eigenvalue weighted by Gasteiger charge is -2.30. The molecule has 1 saturated carbocycles. The van der Waals surface area contributed by atoms with Crippen molar-refractivity contribution >= 4 is 21.8 Å². The van der Waals surface area contributed by atoms with Crippen molar-refractivity contribution in [2.45, 2.75) is 81.7 Å². The topological polar surface area (TPSA) is 75.3 Å². The van der Waals surface area contributed by atoms with Crippen molar-refractivity contribution in [3.63, 3.8) is 0 Å². The number of halogens is 1. The third-order valence-corrected chi connectivity index (χ3v) is 6.57. The van der Waals surface area contributed by atoms with Gasteiger partial charge in [0, 0.05) is 22.9 Å². The zero-order valence-electron chi connectivity index (χ0n) is 16.6. The Labute approximate surface area is 178 Å². The standard InChI is InChI=1S/C21H26BrNO6/c1-20(2)28-17-15(23-18(24)12-6-5-7-13(22)10-12)16(26-19(17)29-20)14-11-25-21(27-14)8-3-4-9-21/h5-7,10,14-17,19H,3-4,8-9,11H2,1-2H3,(H,23,24)/t14-,15+,16-,17-,19-/m1/s1. The summed E-state index contributed by atoms with van der Waals surface area (Å²) in [4.78, 5) is 13.0. The van der Waals surface area contributed by atoms with Gasteiger partial charge in [-0.15, -0.1) is 0 Å². The molecule has 0 radical (unpaired) electrons. The SMILES string of the molecule is CC1(C)O[C@H]2O[C@H]([C@H]3COC4(CCCC4)O3)[C@H](NC(=O)c3cccc(Br)c3)[C@H]2O1. The lowest BCUT2D eigenvalue weighted by Crippen LogP contribution is -2.52. The van der Waals surface area contributed by atoms with Crippen LogP contribution >= 0.6 is 15.9 Å². The van der Waals surface area contributed by atoms with Crippen molar-refractivity contribution in [2.75, 3.05) is 6.61 Å². The molecule has 4 aliphatic rings. The molecule has 0 aromatic heterocycles. The highest BCUT2D eigenvalue weighted by Gasteiger charge is 2.59. The van der Waals surface area contributed by atoms with E-state index in [4.69, 9.17) is 23.7 Å². The molecule has 1 amide bonds. The van der Waals surface area contributed by atoms with Gasteiger partial charge in [-0.3, -0.25) is 4.79 Å². The summed E-state index contributed by atoms with van der Waals surface area (Å²) in [6, 6.07) is 6.88. The number of amides is 1. The minimum atomic E-state index is -0.765. The minimum absolute atomic E-state index is 0.187. The van der Waals surface area contributed by atoms with Crippen molar-refractivity contribution in [1.29, 1.82) is 0 Å². The highest BCUT2D eigenvalue weighted by molar-refractivity contribution is 9.10. The third-order valence-electron chi connectivity index (χ3n) is 6.08. The van der Waals surface area contributed by atoms with Crippen molar-refractivity contribution in [3.8, 4) is 0 Å². The first-order valence-corrected chi connectivity index (χ1v) is 11.0. The van der Waals surface area contributed by atoms with Crippen LogP contribution in [0.3, 0.4) is 0 Å². The summed E-state index contributed by atoms with van der Waals surface area (Å²) in [7, 11) is 0. The number of hydrogen-bond acceptors (Lipinski definition) is 6. The average molecular weight is 468 g/mol. The van der Waals surface area contributed by atoms with E-state index in [2.05, 4.69) is 21.2 Å². The fraction of sp³-hybridized carbons (Fsp3) is 0.667. The number of carbonyl (C=O) groups is 1. The molecule has 8 heteroatoms. The van der Waals surface area contributed by atoms with E-state index in [1.54, 1.807) is 12.1 Å². The summed E-state index contributed by atoms with van der Waals surface area (Å²) in [5, 5.41) is 3.11. The Kier molecular flexibility index (Phi) is 5.00. The second kappa shape index (κ2) is 7.28. The molecule has 1 spiro atoms. The van der Waals surface area contributed by atoms with Gasteiger partial charge in [-0.2, -0.15) is 0 Å². The Bertz CT molecular complexity index is 795. The van der Waals surface area contributed by atoms with Crippen molar-refractivity contribution in [3.05, 3.63) is 34.3 Å². The summed E-state index contributed by atoms with van der Waals surface area (Å²) < 4.78 is 31.4. The van der Waals surface area contributed by atoms with E-state index in [1.165, 1.54) is 0 Å². The number of rotatable bonds is 3. The predicted octanol–water partition coefficient (Wildman–Crippen LogP) is 3.11. The van der Waals surface area contributed by atoms with Crippen LogP contribution in [0.25, 0.3) is 0 Å². The van der Waals surface area contributed by atoms with Crippen molar-refractivity contribution < 1.29 is 28.5 Å². The fourth-order valence-electron chi connectivity index (χ4n) is 4.80. The molecular formula is C21H26BrNO6. The first-order valence-electron chi connectivity index (χ1n) is 10.2. The highest BCUT2D eigenvalue weighted by atomic mass is 79.9. The second-order valence-corrected chi connectivity index (χ2v) is 9.58. The van der Waals surface area contributed by atoms with Crippen LogP contribution in [-0.4, -0.2) is 54.7 Å². The summed E-state index contributed by atoms with van der Waals surface area (Å²) in [5.74, 6) is -1.45. The number of fused-ring (bicyclic) bond motifs is 1. The lowest BCUT2D eigenvalue weighted by molar-refractivity contribution is -0.226. The molecule has 0 unspecified atom stereocenters. The maximum absolute atomic E-state index is 13.0. The normalized spacial score (nSPS) is 37.1. The van der Waals surface area contributed by atoms with Gasteiger partial charge in [-0.05, 0) is 44.9 Å². The third kappa shape index (κ3) is 3.75. The van der Waals surface area contributed by atoms with E-state index in [0.29, 0.717) is 12.2 Å². The summed E-state index contributed by atoms with van der Waals surface area (Å²) >= 11 is 3.42. The van der Waals surface area contributed by atoms with Crippen molar-refractivity contribution in [1.82, 2.24) is 5.32 Å². The summed E-state index contributed by atoms with van der Waals surface area (Å²) in [6.45, 7) is 4.13. The highest BCUT2D eigenvalue weighted by Crippen LogP contribution is 2.44. The molecule has 5 atom stereocenters. The zero-order valence-corrected chi connectivity index (χ0v) is 18.1. The molecule has 1 aromatic rings. The van der Waals surface area contributed by atoms with Gasteiger partial charge in [0.2, 0.25) is 0 Å².